The molecule has 9 heteroatoms. The van der Waals surface area contributed by atoms with Gasteiger partial charge in [-0.2, -0.15) is 5.01 Å². The summed E-state index contributed by atoms with van der Waals surface area (Å²) < 4.78 is 5.04. The van der Waals surface area contributed by atoms with E-state index in [1.54, 1.807) is 19.3 Å². The molecule has 0 fully saturated rings. The molecule has 0 amide bonds. The predicted octanol–water partition coefficient (Wildman–Crippen LogP) is 2.80. The molecule has 3 N–H and O–H groups in total. The lowest BCUT2D eigenvalue weighted by Gasteiger charge is -2.23. The van der Waals surface area contributed by atoms with E-state index in [1.807, 2.05) is 29.3 Å². The van der Waals surface area contributed by atoms with Crippen LogP contribution in [-0.4, -0.2) is 42.7 Å². The number of hydrogen-bond acceptors (Lipinski definition) is 7. The van der Waals surface area contributed by atoms with Crippen LogP contribution in [0.2, 0.25) is 10.0 Å². The normalized spacial score (nSPS) is 22.9. The summed E-state index contributed by atoms with van der Waals surface area (Å²) in [6.07, 6.45) is 7.60. The smallest absolute Gasteiger partial charge is 0.309 e. The van der Waals surface area contributed by atoms with Crippen LogP contribution in [0.25, 0.3) is 5.57 Å². The molecule has 3 aliphatic rings. The van der Waals surface area contributed by atoms with E-state index in [2.05, 4.69) is 27.3 Å². The number of benzene rings is 1. The maximum absolute atomic E-state index is 11.8. The summed E-state index contributed by atoms with van der Waals surface area (Å²) in [6.45, 7) is 2.69. The second kappa shape index (κ2) is 8.59. The SMILES string of the molecule is CCOC(=O)CC1N=CNN1CC1=C2C=CC=C(c3ccc(Cl)cc3Cl)C2NN1. The lowest BCUT2D eigenvalue weighted by molar-refractivity contribution is -0.144. The van der Waals surface area contributed by atoms with Crippen molar-refractivity contribution in [2.45, 2.75) is 25.6 Å². The number of fused-ring (bicyclic) bond motifs is 1. The van der Waals surface area contributed by atoms with E-state index in [-0.39, 0.29) is 24.6 Å². The van der Waals surface area contributed by atoms with Crippen LogP contribution in [0.4, 0.5) is 0 Å². The highest BCUT2D eigenvalue weighted by molar-refractivity contribution is 6.35. The van der Waals surface area contributed by atoms with E-state index < -0.39 is 0 Å². The molecule has 2 atom stereocenters. The number of nitrogens with zero attached hydrogens (tertiary/aromatic N) is 2. The molecule has 0 radical (unpaired) electrons. The van der Waals surface area contributed by atoms with Gasteiger partial charge in [0.1, 0.15) is 6.17 Å². The number of halogens is 2. The molecule has 7 nitrogen and oxygen atoms in total. The van der Waals surface area contributed by atoms with Crippen LogP contribution >= 0.6 is 23.2 Å². The van der Waals surface area contributed by atoms with Gasteiger partial charge in [-0.15, -0.1) is 0 Å². The summed E-state index contributed by atoms with van der Waals surface area (Å²) in [5.41, 5.74) is 13.8. The number of carbonyl (C=O) groups excluding carboxylic acids is 1. The van der Waals surface area contributed by atoms with Crippen LogP contribution < -0.4 is 16.3 Å². The number of aliphatic imine (C=N–C) groups is 1. The van der Waals surface area contributed by atoms with E-state index in [1.165, 1.54) is 0 Å². The molecule has 1 aromatic carbocycles. The quantitative estimate of drug-likeness (QED) is 0.598. The summed E-state index contributed by atoms with van der Waals surface area (Å²) >= 11 is 12.5. The molecule has 1 aromatic rings. The van der Waals surface area contributed by atoms with Crippen molar-refractivity contribution in [2.75, 3.05) is 13.2 Å². The van der Waals surface area contributed by atoms with E-state index in [0.29, 0.717) is 23.2 Å². The Hall–Kier alpha value is -2.32. The number of rotatable bonds is 6. The maximum atomic E-state index is 11.8. The van der Waals surface area contributed by atoms with Gasteiger partial charge in [-0.3, -0.25) is 9.79 Å². The highest BCUT2D eigenvalue weighted by atomic mass is 35.5. The molecule has 2 aliphatic heterocycles. The maximum Gasteiger partial charge on any atom is 0.309 e. The van der Waals surface area contributed by atoms with Gasteiger partial charge < -0.3 is 15.6 Å². The third-order valence-electron chi connectivity index (χ3n) is 4.94. The third kappa shape index (κ3) is 4.18. The monoisotopic (exact) mass is 433 g/mol. The molecule has 0 bridgehead atoms. The van der Waals surface area contributed by atoms with E-state index in [4.69, 9.17) is 27.9 Å². The average Bonchev–Trinajstić information content (AvgIpc) is 3.30. The number of hydrogen-bond donors (Lipinski definition) is 3. The van der Waals surface area contributed by atoms with E-state index in [0.717, 1.165) is 22.4 Å². The fourth-order valence-electron chi connectivity index (χ4n) is 3.59. The Labute approximate surface area is 179 Å². The fraction of sp³-hybridized carbons (Fsp3) is 0.300. The predicted molar refractivity (Wildman–Crippen MR) is 114 cm³/mol. The first-order chi connectivity index (χ1) is 14.1. The first kappa shape index (κ1) is 20.0. The van der Waals surface area contributed by atoms with Crippen LogP contribution in [0.1, 0.15) is 18.9 Å². The Bertz CT molecular complexity index is 941. The minimum absolute atomic E-state index is 0.0410. The van der Waals surface area contributed by atoms with Gasteiger partial charge in [-0.05, 0) is 35.8 Å². The van der Waals surface area contributed by atoms with Crippen molar-refractivity contribution in [1.82, 2.24) is 21.3 Å². The Morgan fingerprint density at radius 3 is 3.00 bits per heavy atom. The van der Waals surface area contributed by atoms with E-state index in [9.17, 15) is 4.79 Å². The van der Waals surface area contributed by atoms with Crippen molar-refractivity contribution >= 4 is 41.1 Å². The number of esters is 1. The van der Waals surface area contributed by atoms with Crippen molar-refractivity contribution < 1.29 is 9.53 Å². The average molecular weight is 434 g/mol. The van der Waals surface area contributed by atoms with Gasteiger partial charge in [0.2, 0.25) is 0 Å². The van der Waals surface area contributed by atoms with Crippen LogP contribution in [-0.2, 0) is 9.53 Å². The van der Waals surface area contributed by atoms with Gasteiger partial charge in [0.25, 0.3) is 0 Å². The Morgan fingerprint density at radius 1 is 1.34 bits per heavy atom. The highest BCUT2D eigenvalue weighted by Crippen LogP contribution is 2.35. The minimum Gasteiger partial charge on any atom is -0.466 e. The van der Waals surface area contributed by atoms with Crippen molar-refractivity contribution in [3.05, 3.63) is 63.3 Å². The van der Waals surface area contributed by atoms with Crippen LogP contribution in [0.5, 0.6) is 0 Å². The summed E-state index contributed by atoms with van der Waals surface area (Å²) in [6, 6.07) is 5.47. The van der Waals surface area contributed by atoms with Gasteiger partial charge in [-0.25, -0.2) is 5.43 Å². The van der Waals surface area contributed by atoms with Crippen molar-refractivity contribution in [3.63, 3.8) is 0 Å². The van der Waals surface area contributed by atoms with Gasteiger partial charge in [0.05, 0.1) is 32.0 Å². The molecule has 4 rings (SSSR count). The van der Waals surface area contributed by atoms with Crippen LogP contribution in [0.15, 0.2) is 52.7 Å². The third-order valence-corrected chi connectivity index (χ3v) is 5.49. The van der Waals surface area contributed by atoms with Gasteiger partial charge in [0, 0.05) is 15.7 Å². The zero-order valence-electron chi connectivity index (χ0n) is 15.8. The fourth-order valence-corrected chi connectivity index (χ4v) is 4.11. The molecule has 29 heavy (non-hydrogen) atoms. The molecular weight excluding hydrogens is 413 g/mol. The number of carbonyl (C=O) groups is 1. The van der Waals surface area contributed by atoms with Crippen LogP contribution in [0, 0.1) is 0 Å². The zero-order chi connectivity index (χ0) is 20.4. The van der Waals surface area contributed by atoms with Crippen molar-refractivity contribution in [1.29, 1.82) is 0 Å². The Morgan fingerprint density at radius 2 is 2.21 bits per heavy atom. The lowest BCUT2D eigenvalue weighted by Crippen LogP contribution is -2.43. The number of nitrogens with one attached hydrogen (secondary N) is 3. The van der Waals surface area contributed by atoms with Crippen molar-refractivity contribution in [3.8, 4) is 0 Å². The molecule has 0 spiro atoms. The lowest BCUT2D eigenvalue weighted by atomic mass is 9.89. The Balaban J connectivity index is 1.51. The van der Waals surface area contributed by atoms with Gasteiger partial charge >= 0.3 is 5.97 Å². The second-order valence-electron chi connectivity index (χ2n) is 6.77. The second-order valence-corrected chi connectivity index (χ2v) is 7.61. The number of allylic oxidation sites excluding steroid dienone is 2. The molecule has 0 saturated heterocycles. The summed E-state index contributed by atoms with van der Waals surface area (Å²) in [5, 5.41) is 3.11. The van der Waals surface area contributed by atoms with E-state index >= 15 is 0 Å². The summed E-state index contributed by atoms with van der Waals surface area (Å²) in [5.74, 6) is -0.267. The van der Waals surface area contributed by atoms with Gasteiger partial charge in [-0.1, -0.05) is 47.5 Å². The standard InChI is InChI=1S/C20H21Cl2N5O2/c1-2-29-19(28)9-18-23-11-24-27(18)10-17-15-5-3-4-14(20(15)26-25-17)13-7-6-12(21)8-16(13)22/h3-8,11,18,20,25-26H,2,9-10H2,1H3,(H,23,24). The summed E-state index contributed by atoms with van der Waals surface area (Å²) in [4.78, 5) is 16.2. The largest absolute Gasteiger partial charge is 0.466 e. The van der Waals surface area contributed by atoms with Crippen molar-refractivity contribution in [2.24, 2.45) is 4.99 Å². The summed E-state index contributed by atoms with van der Waals surface area (Å²) in [7, 11) is 0. The first-order valence-corrected chi connectivity index (χ1v) is 10.1. The molecule has 0 saturated carbocycles. The number of ether oxygens (including phenoxy) is 1. The Kier molecular flexibility index (Phi) is 5.91. The molecule has 2 unspecified atom stereocenters. The first-order valence-electron chi connectivity index (χ1n) is 9.35. The minimum atomic E-state index is -0.309. The molecule has 0 aromatic heterocycles. The molecule has 152 valence electrons. The number of hydrazine groups is 2. The van der Waals surface area contributed by atoms with Crippen LogP contribution in [0.3, 0.4) is 0 Å². The van der Waals surface area contributed by atoms with Gasteiger partial charge in [0.15, 0.2) is 0 Å². The molecule has 2 heterocycles. The zero-order valence-corrected chi connectivity index (χ0v) is 17.3. The molecule has 1 aliphatic carbocycles. The topological polar surface area (TPSA) is 78.0 Å². The highest BCUT2D eigenvalue weighted by Gasteiger charge is 2.33. The molecular formula is C20H21Cl2N5O2.